The van der Waals surface area contributed by atoms with Crippen molar-refractivity contribution in [3.05, 3.63) is 24.3 Å². The molecule has 0 atom stereocenters. The van der Waals surface area contributed by atoms with Gasteiger partial charge in [0.05, 0.1) is 6.54 Å². The highest BCUT2D eigenvalue weighted by Gasteiger charge is 2.42. The fourth-order valence-electron chi connectivity index (χ4n) is 2.71. The van der Waals surface area contributed by atoms with Crippen molar-refractivity contribution in [2.24, 2.45) is 5.41 Å². The first-order chi connectivity index (χ1) is 9.22. The highest BCUT2D eigenvalue weighted by Crippen LogP contribution is 2.51. The molecular weight excluding hydrogens is 238 g/mol. The summed E-state index contributed by atoms with van der Waals surface area (Å²) in [7, 11) is 0. The van der Waals surface area contributed by atoms with E-state index in [-0.39, 0.29) is 0 Å². The van der Waals surface area contributed by atoms with Crippen molar-refractivity contribution in [2.75, 3.05) is 5.73 Å². The highest BCUT2D eigenvalue weighted by atomic mass is 15.5. The summed E-state index contributed by atoms with van der Waals surface area (Å²) in [5.74, 6) is 0.815. The summed E-state index contributed by atoms with van der Waals surface area (Å²) in [6.07, 6.45) is 5.05. The SMILES string of the molecule is CCCC1(Cn2nnnc2-c2cccc(N)c2)CC1. The predicted octanol–water partition coefficient (Wildman–Crippen LogP) is 2.50. The van der Waals surface area contributed by atoms with Crippen LogP contribution in [0.1, 0.15) is 32.6 Å². The van der Waals surface area contributed by atoms with Gasteiger partial charge in [0.15, 0.2) is 5.82 Å². The number of nitrogen functional groups attached to an aromatic ring is 1. The van der Waals surface area contributed by atoms with E-state index in [1.54, 1.807) is 0 Å². The van der Waals surface area contributed by atoms with Crippen molar-refractivity contribution in [1.82, 2.24) is 20.2 Å². The Balaban J connectivity index is 1.87. The number of aromatic nitrogens is 4. The molecule has 19 heavy (non-hydrogen) atoms. The summed E-state index contributed by atoms with van der Waals surface area (Å²) in [6, 6.07) is 7.72. The van der Waals surface area contributed by atoms with E-state index < -0.39 is 0 Å². The third kappa shape index (κ3) is 2.45. The van der Waals surface area contributed by atoms with Crippen LogP contribution in [-0.2, 0) is 6.54 Å². The van der Waals surface area contributed by atoms with Gasteiger partial charge in [-0.05, 0) is 47.2 Å². The van der Waals surface area contributed by atoms with Gasteiger partial charge in [-0.3, -0.25) is 0 Å². The van der Waals surface area contributed by atoms with E-state index in [1.807, 2.05) is 28.9 Å². The van der Waals surface area contributed by atoms with Gasteiger partial charge in [0.25, 0.3) is 0 Å². The molecule has 0 bridgehead atoms. The molecule has 0 aliphatic heterocycles. The van der Waals surface area contributed by atoms with Gasteiger partial charge in [-0.25, -0.2) is 4.68 Å². The third-order valence-corrected chi connectivity index (χ3v) is 3.90. The van der Waals surface area contributed by atoms with Gasteiger partial charge in [0.1, 0.15) is 0 Å². The number of nitrogens with two attached hydrogens (primary N) is 1. The van der Waals surface area contributed by atoms with E-state index in [9.17, 15) is 0 Å². The van der Waals surface area contributed by atoms with Crippen molar-refractivity contribution in [2.45, 2.75) is 39.2 Å². The molecule has 0 unspecified atom stereocenters. The topological polar surface area (TPSA) is 69.6 Å². The van der Waals surface area contributed by atoms with E-state index in [0.29, 0.717) is 5.41 Å². The van der Waals surface area contributed by atoms with Gasteiger partial charge >= 0.3 is 0 Å². The molecule has 0 spiro atoms. The third-order valence-electron chi connectivity index (χ3n) is 3.90. The summed E-state index contributed by atoms with van der Waals surface area (Å²) >= 11 is 0. The van der Waals surface area contributed by atoms with E-state index in [0.717, 1.165) is 23.6 Å². The van der Waals surface area contributed by atoms with Crippen molar-refractivity contribution in [1.29, 1.82) is 0 Å². The van der Waals surface area contributed by atoms with E-state index in [2.05, 4.69) is 22.4 Å². The van der Waals surface area contributed by atoms with E-state index in [4.69, 9.17) is 5.73 Å². The average Bonchev–Trinajstić information content (AvgIpc) is 2.99. The minimum atomic E-state index is 0.430. The molecule has 0 amide bonds. The Morgan fingerprint density at radius 1 is 1.37 bits per heavy atom. The fourth-order valence-corrected chi connectivity index (χ4v) is 2.71. The minimum absolute atomic E-state index is 0.430. The zero-order valence-corrected chi connectivity index (χ0v) is 11.2. The second-order valence-electron chi connectivity index (χ2n) is 5.54. The molecule has 1 saturated carbocycles. The van der Waals surface area contributed by atoms with Crippen LogP contribution in [0.4, 0.5) is 5.69 Å². The second-order valence-corrected chi connectivity index (χ2v) is 5.54. The molecule has 2 N–H and O–H groups in total. The lowest BCUT2D eigenvalue weighted by Crippen LogP contribution is -2.14. The van der Waals surface area contributed by atoms with Gasteiger partial charge < -0.3 is 5.73 Å². The number of anilines is 1. The first kappa shape index (κ1) is 12.1. The van der Waals surface area contributed by atoms with Crippen LogP contribution < -0.4 is 5.73 Å². The van der Waals surface area contributed by atoms with Crippen LogP contribution in [0, 0.1) is 5.41 Å². The fraction of sp³-hybridized carbons (Fsp3) is 0.500. The Bertz CT molecular complexity index is 571. The first-order valence-electron chi connectivity index (χ1n) is 6.84. The standard InChI is InChI=1S/C14H19N5/c1-2-6-14(7-8-14)10-19-13(16-17-18-19)11-4-3-5-12(15)9-11/h3-5,9H,2,6-8,10,15H2,1H3. The summed E-state index contributed by atoms with van der Waals surface area (Å²) in [5.41, 5.74) is 7.98. The molecule has 1 fully saturated rings. The molecule has 5 nitrogen and oxygen atoms in total. The predicted molar refractivity (Wildman–Crippen MR) is 74.2 cm³/mol. The van der Waals surface area contributed by atoms with Crippen LogP contribution in [0.2, 0.25) is 0 Å². The van der Waals surface area contributed by atoms with Crippen LogP contribution in [0.25, 0.3) is 11.4 Å². The summed E-state index contributed by atoms with van der Waals surface area (Å²) in [5, 5.41) is 12.1. The van der Waals surface area contributed by atoms with Gasteiger partial charge in [-0.15, -0.1) is 5.10 Å². The zero-order valence-electron chi connectivity index (χ0n) is 11.2. The lowest BCUT2D eigenvalue weighted by Gasteiger charge is -2.14. The van der Waals surface area contributed by atoms with Gasteiger partial charge in [-0.1, -0.05) is 25.5 Å². The number of hydrogen-bond acceptors (Lipinski definition) is 4. The smallest absolute Gasteiger partial charge is 0.182 e. The molecule has 0 saturated heterocycles. The number of tetrazole rings is 1. The Kier molecular flexibility index (Phi) is 2.97. The highest BCUT2D eigenvalue weighted by molar-refractivity contribution is 5.60. The molecule has 2 aromatic rings. The number of rotatable bonds is 5. The largest absolute Gasteiger partial charge is 0.399 e. The summed E-state index contributed by atoms with van der Waals surface area (Å²) < 4.78 is 1.93. The maximum absolute atomic E-state index is 5.82. The first-order valence-corrected chi connectivity index (χ1v) is 6.84. The Morgan fingerprint density at radius 2 is 2.21 bits per heavy atom. The molecule has 1 aliphatic rings. The van der Waals surface area contributed by atoms with E-state index in [1.165, 1.54) is 25.7 Å². The molecule has 1 heterocycles. The lowest BCUT2D eigenvalue weighted by molar-refractivity contribution is 0.365. The summed E-state index contributed by atoms with van der Waals surface area (Å²) in [6.45, 7) is 3.15. The molecule has 1 aromatic carbocycles. The normalized spacial score (nSPS) is 16.5. The maximum Gasteiger partial charge on any atom is 0.182 e. The van der Waals surface area contributed by atoms with E-state index >= 15 is 0 Å². The van der Waals surface area contributed by atoms with Crippen molar-refractivity contribution >= 4 is 5.69 Å². The average molecular weight is 257 g/mol. The van der Waals surface area contributed by atoms with Crippen LogP contribution in [0.3, 0.4) is 0 Å². The second kappa shape index (κ2) is 4.64. The molecular formula is C14H19N5. The van der Waals surface area contributed by atoms with Crippen molar-refractivity contribution in [3.8, 4) is 11.4 Å². The zero-order chi connectivity index (χ0) is 13.3. The lowest BCUT2D eigenvalue weighted by atomic mass is 10.0. The van der Waals surface area contributed by atoms with Gasteiger partial charge in [0, 0.05) is 11.3 Å². The molecule has 1 aliphatic carbocycles. The van der Waals surface area contributed by atoms with Gasteiger partial charge in [-0.2, -0.15) is 0 Å². The number of benzene rings is 1. The quantitative estimate of drug-likeness (QED) is 0.835. The minimum Gasteiger partial charge on any atom is -0.399 e. The molecule has 100 valence electrons. The van der Waals surface area contributed by atoms with Crippen LogP contribution >= 0.6 is 0 Å². The molecule has 1 aromatic heterocycles. The Morgan fingerprint density at radius 3 is 2.89 bits per heavy atom. The van der Waals surface area contributed by atoms with Crippen LogP contribution in [0.5, 0.6) is 0 Å². The summed E-state index contributed by atoms with van der Waals surface area (Å²) in [4.78, 5) is 0. The van der Waals surface area contributed by atoms with Crippen molar-refractivity contribution in [3.63, 3.8) is 0 Å². The van der Waals surface area contributed by atoms with Gasteiger partial charge in [0.2, 0.25) is 0 Å². The Hall–Kier alpha value is -1.91. The number of hydrogen-bond donors (Lipinski definition) is 1. The Labute approximate surface area is 112 Å². The van der Waals surface area contributed by atoms with Crippen LogP contribution in [-0.4, -0.2) is 20.2 Å². The molecule has 5 heteroatoms. The maximum atomic E-state index is 5.82. The molecule has 0 radical (unpaired) electrons. The molecule has 3 rings (SSSR count). The number of nitrogens with zero attached hydrogens (tertiary/aromatic N) is 4. The van der Waals surface area contributed by atoms with Crippen LogP contribution in [0.15, 0.2) is 24.3 Å². The monoisotopic (exact) mass is 257 g/mol. The van der Waals surface area contributed by atoms with Crippen molar-refractivity contribution < 1.29 is 0 Å².